The van der Waals surface area contributed by atoms with Crippen LogP contribution in [-0.2, 0) is 13.0 Å². The van der Waals surface area contributed by atoms with Crippen LogP contribution in [0.25, 0.3) is 11.3 Å². The summed E-state index contributed by atoms with van der Waals surface area (Å²) >= 11 is 0. The van der Waals surface area contributed by atoms with Gasteiger partial charge in [0.1, 0.15) is 5.75 Å². The van der Waals surface area contributed by atoms with Crippen LogP contribution < -0.4 is 4.74 Å². The molecule has 2 nitrogen and oxygen atoms in total. The second-order valence-electron chi connectivity index (χ2n) is 4.55. The van der Waals surface area contributed by atoms with E-state index in [1.165, 1.54) is 28.8 Å². The maximum atomic E-state index is 5.45. The van der Waals surface area contributed by atoms with E-state index in [2.05, 4.69) is 42.0 Å². The van der Waals surface area contributed by atoms with E-state index in [1.807, 2.05) is 0 Å². The Morgan fingerprint density at radius 1 is 1.29 bits per heavy atom. The van der Waals surface area contributed by atoms with Crippen LogP contribution in [0.2, 0.25) is 0 Å². The molecule has 0 saturated heterocycles. The van der Waals surface area contributed by atoms with E-state index in [0.717, 1.165) is 18.7 Å². The van der Waals surface area contributed by atoms with Gasteiger partial charge in [-0.05, 0) is 24.1 Å². The second kappa shape index (κ2) is 3.95. The van der Waals surface area contributed by atoms with Crippen LogP contribution in [0.15, 0.2) is 30.5 Å². The van der Waals surface area contributed by atoms with Crippen molar-refractivity contribution in [2.24, 2.45) is 0 Å². The number of benzene rings is 1. The predicted octanol–water partition coefficient (Wildman–Crippen LogP) is 3.48. The number of fused-ring (bicyclic) bond motifs is 3. The van der Waals surface area contributed by atoms with E-state index in [9.17, 15) is 0 Å². The molecular weight excluding hydrogens is 210 g/mol. The average Bonchev–Trinajstić information content (AvgIpc) is 2.89. The van der Waals surface area contributed by atoms with Gasteiger partial charge in [0.15, 0.2) is 0 Å². The zero-order valence-electron chi connectivity index (χ0n) is 10.4. The first-order valence-electron chi connectivity index (χ1n) is 6.19. The van der Waals surface area contributed by atoms with Gasteiger partial charge in [0.2, 0.25) is 0 Å². The van der Waals surface area contributed by atoms with Crippen LogP contribution in [0.5, 0.6) is 5.75 Å². The molecule has 0 fully saturated rings. The molecule has 0 bridgehead atoms. The number of aromatic nitrogens is 1. The van der Waals surface area contributed by atoms with E-state index < -0.39 is 0 Å². The van der Waals surface area contributed by atoms with Crippen LogP contribution in [0.4, 0.5) is 0 Å². The Kier molecular flexibility index (Phi) is 2.43. The maximum Gasteiger partial charge on any atom is 0.123 e. The lowest BCUT2D eigenvalue weighted by molar-refractivity contribution is 0.411. The summed E-state index contributed by atoms with van der Waals surface area (Å²) in [7, 11) is 1.75. The fourth-order valence-corrected chi connectivity index (χ4v) is 2.77. The number of ether oxygens (including phenoxy) is 1. The fraction of sp³-hybridized carbons (Fsp3) is 0.333. The van der Waals surface area contributed by atoms with Crippen LogP contribution in [-0.4, -0.2) is 11.7 Å². The van der Waals surface area contributed by atoms with Gasteiger partial charge in [-0.3, -0.25) is 0 Å². The molecular formula is C15H17NO. The minimum Gasteiger partial charge on any atom is -0.496 e. The van der Waals surface area contributed by atoms with Crippen molar-refractivity contribution >= 4 is 0 Å². The largest absolute Gasteiger partial charge is 0.496 e. The molecule has 1 aromatic carbocycles. The molecule has 0 atom stereocenters. The van der Waals surface area contributed by atoms with Crippen LogP contribution in [0.1, 0.15) is 24.5 Å². The summed E-state index contributed by atoms with van der Waals surface area (Å²) < 4.78 is 7.81. The van der Waals surface area contributed by atoms with Gasteiger partial charge in [0.25, 0.3) is 0 Å². The molecule has 1 aliphatic rings. The monoisotopic (exact) mass is 227 g/mol. The maximum absolute atomic E-state index is 5.45. The molecule has 88 valence electrons. The van der Waals surface area contributed by atoms with Crippen molar-refractivity contribution < 1.29 is 4.74 Å². The van der Waals surface area contributed by atoms with Gasteiger partial charge in [0.05, 0.1) is 12.8 Å². The van der Waals surface area contributed by atoms with Gasteiger partial charge in [0, 0.05) is 30.3 Å². The second-order valence-corrected chi connectivity index (χ2v) is 4.55. The lowest BCUT2D eigenvalue weighted by Gasteiger charge is -2.09. The van der Waals surface area contributed by atoms with Gasteiger partial charge in [-0.2, -0.15) is 0 Å². The van der Waals surface area contributed by atoms with Crippen molar-refractivity contribution in [2.75, 3.05) is 7.11 Å². The summed E-state index contributed by atoms with van der Waals surface area (Å²) in [6, 6.07) is 8.57. The Labute approximate surface area is 102 Å². The highest BCUT2D eigenvalue weighted by molar-refractivity contribution is 5.77. The van der Waals surface area contributed by atoms with Gasteiger partial charge >= 0.3 is 0 Å². The Morgan fingerprint density at radius 3 is 2.94 bits per heavy atom. The van der Waals surface area contributed by atoms with Gasteiger partial charge in [-0.25, -0.2) is 0 Å². The number of aryl methyl sites for hydroxylation is 1. The number of methoxy groups -OCH3 is 1. The zero-order chi connectivity index (χ0) is 11.8. The van der Waals surface area contributed by atoms with Crippen LogP contribution in [0.3, 0.4) is 0 Å². The van der Waals surface area contributed by atoms with Crippen LogP contribution in [0, 0.1) is 0 Å². The third-order valence-electron chi connectivity index (χ3n) is 3.49. The Morgan fingerprint density at radius 2 is 2.18 bits per heavy atom. The van der Waals surface area contributed by atoms with E-state index >= 15 is 0 Å². The van der Waals surface area contributed by atoms with Crippen molar-refractivity contribution in [1.29, 1.82) is 0 Å². The van der Waals surface area contributed by atoms with Crippen LogP contribution >= 0.6 is 0 Å². The summed E-state index contributed by atoms with van der Waals surface area (Å²) in [5.41, 5.74) is 5.50. The van der Waals surface area contributed by atoms with E-state index in [-0.39, 0.29) is 0 Å². The Hall–Kier alpha value is -1.70. The molecule has 1 aliphatic carbocycles. The molecule has 2 aromatic rings. The average molecular weight is 227 g/mol. The lowest BCUT2D eigenvalue weighted by atomic mass is 10.1. The Bertz CT molecular complexity index is 554. The molecule has 0 spiro atoms. The molecule has 0 N–H and O–H groups in total. The third-order valence-corrected chi connectivity index (χ3v) is 3.49. The van der Waals surface area contributed by atoms with Crippen molar-refractivity contribution in [2.45, 2.75) is 26.3 Å². The normalized spacial score (nSPS) is 12.4. The van der Waals surface area contributed by atoms with Gasteiger partial charge in [-0.1, -0.05) is 19.1 Å². The molecule has 0 saturated carbocycles. The first-order valence-corrected chi connectivity index (χ1v) is 6.19. The highest BCUT2D eigenvalue weighted by Crippen LogP contribution is 2.41. The summed E-state index contributed by atoms with van der Waals surface area (Å²) in [6.07, 6.45) is 4.38. The van der Waals surface area contributed by atoms with Crippen molar-refractivity contribution in [3.8, 4) is 17.0 Å². The molecule has 0 amide bonds. The predicted molar refractivity (Wildman–Crippen MR) is 69.5 cm³/mol. The topological polar surface area (TPSA) is 14.2 Å². The molecule has 3 rings (SSSR count). The first kappa shape index (κ1) is 10.5. The molecule has 0 radical (unpaired) electrons. The minimum atomic E-state index is 1.01. The molecule has 0 aliphatic heterocycles. The van der Waals surface area contributed by atoms with Crippen molar-refractivity contribution in [3.63, 3.8) is 0 Å². The summed E-state index contributed by atoms with van der Waals surface area (Å²) in [5, 5.41) is 0. The standard InChI is InChI=1S/C15H17NO/c1-3-8-16-9-7-11-10-13-12(15(11)16)5-4-6-14(13)17-2/h4-7,9H,3,8,10H2,1-2H3. The molecule has 2 heteroatoms. The number of hydrogen-bond donors (Lipinski definition) is 0. The van der Waals surface area contributed by atoms with Crippen molar-refractivity contribution in [3.05, 3.63) is 41.6 Å². The first-order chi connectivity index (χ1) is 8.35. The molecule has 1 heterocycles. The number of rotatable bonds is 3. The number of nitrogens with zero attached hydrogens (tertiary/aromatic N) is 1. The highest BCUT2D eigenvalue weighted by Gasteiger charge is 2.24. The Balaban J connectivity index is 2.15. The smallest absolute Gasteiger partial charge is 0.123 e. The SMILES string of the molecule is CCCn1ccc2c1-c1cccc(OC)c1C2. The zero-order valence-corrected chi connectivity index (χ0v) is 10.4. The number of hydrogen-bond acceptors (Lipinski definition) is 1. The summed E-state index contributed by atoms with van der Waals surface area (Å²) in [5.74, 6) is 1.02. The highest BCUT2D eigenvalue weighted by atomic mass is 16.5. The third kappa shape index (κ3) is 1.47. The minimum absolute atomic E-state index is 1.01. The quantitative estimate of drug-likeness (QED) is 0.668. The van der Waals surface area contributed by atoms with Gasteiger partial charge in [-0.15, -0.1) is 0 Å². The van der Waals surface area contributed by atoms with E-state index in [0.29, 0.717) is 0 Å². The van der Waals surface area contributed by atoms with E-state index in [4.69, 9.17) is 4.74 Å². The van der Waals surface area contributed by atoms with Crippen molar-refractivity contribution in [1.82, 2.24) is 4.57 Å². The molecule has 0 unspecified atom stereocenters. The molecule has 17 heavy (non-hydrogen) atoms. The molecule has 1 aromatic heterocycles. The van der Waals surface area contributed by atoms with Gasteiger partial charge < -0.3 is 9.30 Å². The summed E-state index contributed by atoms with van der Waals surface area (Å²) in [4.78, 5) is 0. The fourth-order valence-electron chi connectivity index (χ4n) is 2.77. The van der Waals surface area contributed by atoms with E-state index in [1.54, 1.807) is 7.11 Å². The lowest BCUT2D eigenvalue weighted by Crippen LogP contribution is -1.97. The summed E-state index contributed by atoms with van der Waals surface area (Å²) in [6.45, 7) is 3.31.